The first kappa shape index (κ1) is 16.0. The number of aromatic nitrogens is 4. The maximum absolute atomic E-state index is 6.16. The third-order valence-electron chi connectivity index (χ3n) is 4.24. The van der Waals surface area contributed by atoms with Crippen molar-refractivity contribution in [2.75, 3.05) is 48.8 Å². The Kier molecular flexibility index (Phi) is 4.40. The molecule has 2 aromatic heterocycles. The summed E-state index contributed by atoms with van der Waals surface area (Å²) in [6.45, 7) is 7.45. The SMILES string of the molecule is COC(C)c1nsc(N2CCN(c3c(N)c(C)nn3C)CC2)n1. The highest BCUT2D eigenvalue weighted by atomic mass is 32.1. The largest absolute Gasteiger partial charge is 0.394 e. The average molecular weight is 337 g/mol. The van der Waals surface area contributed by atoms with E-state index in [0.29, 0.717) is 0 Å². The Morgan fingerprint density at radius 2 is 1.87 bits per heavy atom. The summed E-state index contributed by atoms with van der Waals surface area (Å²) in [5.41, 5.74) is 7.81. The fraction of sp³-hybridized carbons (Fsp3) is 0.643. The number of methoxy groups -OCH3 is 1. The van der Waals surface area contributed by atoms with Crippen LogP contribution >= 0.6 is 11.5 Å². The van der Waals surface area contributed by atoms with Crippen molar-refractivity contribution in [2.24, 2.45) is 7.05 Å². The van der Waals surface area contributed by atoms with Gasteiger partial charge in [-0.2, -0.15) is 9.47 Å². The maximum Gasteiger partial charge on any atom is 0.205 e. The highest BCUT2D eigenvalue weighted by molar-refractivity contribution is 7.09. The van der Waals surface area contributed by atoms with Gasteiger partial charge in [-0.25, -0.2) is 4.98 Å². The molecule has 2 N–H and O–H groups in total. The molecule has 23 heavy (non-hydrogen) atoms. The van der Waals surface area contributed by atoms with Crippen molar-refractivity contribution in [3.63, 3.8) is 0 Å². The van der Waals surface area contributed by atoms with Crippen molar-refractivity contribution in [1.29, 1.82) is 0 Å². The van der Waals surface area contributed by atoms with Crippen LogP contribution in [-0.2, 0) is 11.8 Å². The summed E-state index contributed by atoms with van der Waals surface area (Å²) in [5, 5.41) is 5.35. The molecule has 3 rings (SSSR count). The molecule has 2 aromatic rings. The van der Waals surface area contributed by atoms with Gasteiger partial charge < -0.3 is 20.3 Å². The number of ether oxygens (including phenoxy) is 1. The smallest absolute Gasteiger partial charge is 0.205 e. The van der Waals surface area contributed by atoms with Crippen molar-refractivity contribution in [3.8, 4) is 0 Å². The van der Waals surface area contributed by atoms with E-state index in [9.17, 15) is 0 Å². The molecule has 0 saturated carbocycles. The van der Waals surface area contributed by atoms with Gasteiger partial charge >= 0.3 is 0 Å². The summed E-state index contributed by atoms with van der Waals surface area (Å²) >= 11 is 1.43. The fourth-order valence-electron chi connectivity index (χ4n) is 2.77. The Balaban J connectivity index is 1.67. The fourth-order valence-corrected chi connectivity index (χ4v) is 3.57. The Bertz CT molecular complexity index is 675. The molecule has 8 nitrogen and oxygen atoms in total. The minimum Gasteiger partial charge on any atom is -0.394 e. The molecular formula is C14H23N7OS. The molecule has 1 aliphatic rings. The molecule has 126 valence electrons. The second-order valence-electron chi connectivity index (χ2n) is 5.73. The summed E-state index contributed by atoms with van der Waals surface area (Å²) in [4.78, 5) is 9.14. The molecule has 0 spiro atoms. The highest BCUT2D eigenvalue weighted by Gasteiger charge is 2.25. The van der Waals surface area contributed by atoms with Gasteiger partial charge in [0.1, 0.15) is 6.10 Å². The molecule has 0 aliphatic carbocycles. The normalized spacial score (nSPS) is 16.9. The summed E-state index contributed by atoms with van der Waals surface area (Å²) < 4.78 is 11.5. The predicted molar refractivity (Wildman–Crippen MR) is 92.1 cm³/mol. The van der Waals surface area contributed by atoms with Crippen LogP contribution < -0.4 is 15.5 Å². The van der Waals surface area contributed by atoms with E-state index >= 15 is 0 Å². The lowest BCUT2D eigenvalue weighted by molar-refractivity contribution is 0.113. The third kappa shape index (κ3) is 2.98. The summed E-state index contributed by atoms with van der Waals surface area (Å²) in [6, 6.07) is 0. The molecule has 9 heteroatoms. The highest BCUT2D eigenvalue weighted by Crippen LogP contribution is 2.28. The Labute approximate surface area is 140 Å². The zero-order chi connectivity index (χ0) is 16.6. The lowest BCUT2D eigenvalue weighted by Crippen LogP contribution is -2.47. The van der Waals surface area contributed by atoms with Crippen LogP contribution in [0.25, 0.3) is 0 Å². The van der Waals surface area contributed by atoms with E-state index < -0.39 is 0 Å². The van der Waals surface area contributed by atoms with E-state index in [1.165, 1.54) is 11.5 Å². The van der Waals surface area contributed by atoms with Gasteiger partial charge in [-0.1, -0.05) is 0 Å². The molecule has 1 fully saturated rings. The molecule has 1 saturated heterocycles. The molecule has 1 unspecified atom stereocenters. The predicted octanol–water partition coefficient (Wildman–Crippen LogP) is 1.20. The van der Waals surface area contributed by atoms with E-state index in [-0.39, 0.29) is 6.10 Å². The van der Waals surface area contributed by atoms with E-state index in [4.69, 9.17) is 10.5 Å². The second kappa shape index (κ2) is 6.32. The van der Waals surface area contributed by atoms with Gasteiger partial charge in [-0.05, 0) is 13.8 Å². The lowest BCUT2D eigenvalue weighted by atomic mass is 10.3. The van der Waals surface area contributed by atoms with Crippen molar-refractivity contribution in [2.45, 2.75) is 20.0 Å². The van der Waals surface area contributed by atoms with Crippen molar-refractivity contribution in [3.05, 3.63) is 11.5 Å². The molecule has 3 heterocycles. The molecule has 0 amide bonds. The zero-order valence-electron chi connectivity index (χ0n) is 14.0. The number of piperazine rings is 1. The first-order valence-corrected chi connectivity index (χ1v) is 8.44. The van der Waals surface area contributed by atoms with Gasteiger partial charge in [-0.15, -0.1) is 0 Å². The van der Waals surface area contributed by atoms with Crippen LogP contribution in [0.5, 0.6) is 0 Å². The monoisotopic (exact) mass is 337 g/mol. The second-order valence-corrected chi connectivity index (χ2v) is 6.46. The van der Waals surface area contributed by atoms with Crippen LogP contribution in [0.15, 0.2) is 0 Å². The van der Waals surface area contributed by atoms with Crippen molar-refractivity contribution < 1.29 is 4.74 Å². The topological polar surface area (TPSA) is 85.3 Å². The summed E-state index contributed by atoms with van der Waals surface area (Å²) in [7, 11) is 3.61. The molecule has 1 aliphatic heterocycles. The van der Waals surface area contributed by atoms with E-state index in [0.717, 1.165) is 54.3 Å². The number of anilines is 3. The van der Waals surface area contributed by atoms with Gasteiger partial charge in [0.2, 0.25) is 5.13 Å². The maximum atomic E-state index is 6.16. The zero-order valence-corrected chi connectivity index (χ0v) is 14.8. The van der Waals surface area contributed by atoms with Crippen molar-refractivity contribution in [1.82, 2.24) is 19.1 Å². The van der Waals surface area contributed by atoms with E-state index in [2.05, 4.69) is 24.3 Å². The van der Waals surface area contributed by atoms with Gasteiger partial charge in [-0.3, -0.25) is 4.68 Å². The van der Waals surface area contributed by atoms with Gasteiger partial charge in [0, 0.05) is 51.9 Å². The van der Waals surface area contributed by atoms with Gasteiger partial charge in [0.15, 0.2) is 11.6 Å². The number of nitrogens with two attached hydrogens (primary N) is 1. The van der Waals surface area contributed by atoms with Crippen LogP contribution in [0.4, 0.5) is 16.6 Å². The summed E-state index contributed by atoms with van der Waals surface area (Å²) in [6.07, 6.45) is -0.0708. The first-order valence-electron chi connectivity index (χ1n) is 7.66. The molecule has 0 radical (unpaired) electrons. The minimum atomic E-state index is -0.0708. The quantitative estimate of drug-likeness (QED) is 0.897. The number of nitrogens with zero attached hydrogens (tertiary/aromatic N) is 6. The van der Waals surface area contributed by atoms with E-state index in [1.807, 2.05) is 25.6 Å². The van der Waals surface area contributed by atoms with Crippen molar-refractivity contribution >= 4 is 28.2 Å². The van der Waals surface area contributed by atoms with Gasteiger partial charge in [0.05, 0.1) is 11.4 Å². The Morgan fingerprint density at radius 3 is 2.43 bits per heavy atom. The van der Waals surface area contributed by atoms with Crippen LogP contribution in [-0.4, -0.2) is 52.4 Å². The molecule has 1 atom stereocenters. The number of hydrogen-bond acceptors (Lipinski definition) is 8. The Morgan fingerprint density at radius 1 is 1.22 bits per heavy atom. The average Bonchev–Trinajstić information content (AvgIpc) is 3.13. The number of aryl methyl sites for hydroxylation is 2. The molecular weight excluding hydrogens is 314 g/mol. The third-order valence-corrected chi connectivity index (χ3v) is 5.03. The standard InChI is InChI=1S/C14H23N7OS/c1-9-11(15)13(19(3)17-9)20-5-7-21(8-6-20)14-16-12(18-23-14)10(2)22-4/h10H,5-8,15H2,1-4H3. The lowest BCUT2D eigenvalue weighted by Gasteiger charge is -2.35. The number of nitrogen functional groups attached to an aromatic ring is 1. The van der Waals surface area contributed by atoms with Crippen LogP contribution in [0.1, 0.15) is 24.5 Å². The Hall–Kier alpha value is -1.87. The van der Waals surface area contributed by atoms with Crippen LogP contribution in [0.3, 0.4) is 0 Å². The molecule has 0 bridgehead atoms. The molecule has 0 aromatic carbocycles. The first-order chi connectivity index (χ1) is 11.0. The van der Waals surface area contributed by atoms with Crippen LogP contribution in [0, 0.1) is 6.92 Å². The van der Waals surface area contributed by atoms with Gasteiger partial charge in [0.25, 0.3) is 0 Å². The number of rotatable bonds is 4. The number of hydrogen-bond donors (Lipinski definition) is 1. The van der Waals surface area contributed by atoms with Crippen LogP contribution in [0.2, 0.25) is 0 Å². The summed E-state index contributed by atoms with van der Waals surface area (Å²) in [5.74, 6) is 1.76. The minimum absolute atomic E-state index is 0.0708. The van der Waals surface area contributed by atoms with E-state index in [1.54, 1.807) is 7.11 Å².